The predicted octanol–water partition coefficient (Wildman–Crippen LogP) is 3.22. The van der Waals surface area contributed by atoms with Gasteiger partial charge < -0.3 is 10.1 Å². The quantitative estimate of drug-likeness (QED) is 0.803. The molecule has 0 saturated heterocycles. The average molecular weight is 222 g/mol. The lowest BCUT2D eigenvalue weighted by molar-refractivity contribution is 0.245. The molecule has 0 radical (unpaired) electrons. The smallest absolute Gasteiger partial charge is 0.0696 e. The van der Waals surface area contributed by atoms with E-state index in [1.165, 1.54) is 0 Å². The van der Waals surface area contributed by atoms with Gasteiger partial charge in [-0.15, -0.1) is 0 Å². The molecule has 1 atom stereocenters. The molecule has 0 aliphatic carbocycles. The van der Waals surface area contributed by atoms with Crippen LogP contribution in [0.2, 0.25) is 5.02 Å². The normalized spacial score (nSPS) is 13.8. The lowest BCUT2D eigenvalue weighted by atomic mass is 10.1. The third-order valence-electron chi connectivity index (χ3n) is 2.23. The molecule has 2 nitrogen and oxygen atoms in total. The van der Waals surface area contributed by atoms with Crippen LogP contribution in [-0.4, -0.2) is 16.2 Å². The maximum Gasteiger partial charge on any atom is 0.0696 e. The molecule has 2 aromatic rings. The summed E-state index contributed by atoms with van der Waals surface area (Å²) >= 11 is 5.88. The Morgan fingerprint density at radius 1 is 1.47 bits per heavy atom. The van der Waals surface area contributed by atoms with Gasteiger partial charge in [-0.1, -0.05) is 29.8 Å². The van der Waals surface area contributed by atoms with Crippen LogP contribution < -0.4 is 0 Å². The molecule has 2 rings (SSSR count). The molecule has 1 unspecified atom stereocenters. The van der Waals surface area contributed by atoms with Gasteiger partial charge in [0.1, 0.15) is 0 Å². The topological polar surface area (TPSA) is 36.0 Å². The molecule has 2 N–H and O–H groups in total. The maximum atomic E-state index is 9.15. The fraction of sp³-hybridized carbons (Fsp3) is 0.167. The highest BCUT2D eigenvalue weighted by atomic mass is 35.5. The van der Waals surface area contributed by atoms with E-state index in [1.807, 2.05) is 30.5 Å². The standard InChI is InChI=1S/C12H12ClNO/c1-8(15)2-3-9-7-14-12-6-10(13)4-5-11(9)12/h2-8,14-15H,1H3/b3-2+. The Labute approximate surface area is 93.2 Å². The summed E-state index contributed by atoms with van der Waals surface area (Å²) in [6.07, 6.45) is 5.12. The van der Waals surface area contributed by atoms with E-state index in [-0.39, 0.29) is 0 Å². The highest BCUT2D eigenvalue weighted by molar-refractivity contribution is 6.31. The first-order chi connectivity index (χ1) is 7.16. The van der Waals surface area contributed by atoms with Gasteiger partial charge in [0.25, 0.3) is 0 Å². The molecule has 1 aromatic carbocycles. The van der Waals surface area contributed by atoms with Gasteiger partial charge in [-0.3, -0.25) is 0 Å². The summed E-state index contributed by atoms with van der Waals surface area (Å²) in [5, 5.41) is 11.0. The summed E-state index contributed by atoms with van der Waals surface area (Å²) in [5.74, 6) is 0. The number of aromatic nitrogens is 1. The number of aliphatic hydroxyl groups excluding tert-OH is 1. The van der Waals surface area contributed by atoms with Crippen LogP contribution >= 0.6 is 11.6 Å². The van der Waals surface area contributed by atoms with Gasteiger partial charge in [-0.25, -0.2) is 0 Å². The van der Waals surface area contributed by atoms with Crippen molar-refractivity contribution in [3.63, 3.8) is 0 Å². The molecular formula is C12H12ClNO. The molecule has 1 heterocycles. The molecule has 0 saturated carbocycles. The van der Waals surface area contributed by atoms with E-state index in [0.717, 1.165) is 21.5 Å². The fourth-order valence-electron chi connectivity index (χ4n) is 1.50. The van der Waals surface area contributed by atoms with Gasteiger partial charge in [0.2, 0.25) is 0 Å². The van der Waals surface area contributed by atoms with Gasteiger partial charge in [0.15, 0.2) is 0 Å². The first-order valence-corrected chi connectivity index (χ1v) is 5.17. The molecule has 0 aliphatic rings. The predicted molar refractivity (Wildman–Crippen MR) is 64.0 cm³/mol. The first kappa shape index (κ1) is 10.3. The monoisotopic (exact) mass is 221 g/mol. The van der Waals surface area contributed by atoms with Crippen molar-refractivity contribution in [2.24, 2.45) is 0 Å². The summed E-state index contributed by atoms with van der Waals surface area (Å²) in [5.41, 5.74) is 2.07. The Hall–Kier alpha value is -1.25. The van der Waals surface area contributed by atoms with E-state index >= 15 is 0 Å². The number of hydrogen-bond acceptors (Lipinski definition) is 1. The highest BCUT2D eigenvalue weighted by Crippen LogP contribution is 2.22. The molecule has 15 heavy (non-hydrogen) atoms. The minimum atomic E-state index is -0.428. The van der Waals surface area contributed by atoms with Crippen molar-refractivity contribution in [2.45, 2.75) is 13.0 Å². The van der Waals surface area contributed by atoms with E-state index in [0.29, 0.717) is 0 Å². The summed E-state index contributed by atoms with van der Waals surface area (Å²) in [7, 11) is 0. The van der Waals surface area contributed by atoms with Crippen LogP contribution in [0.15, 0.2) is 30.5 Å². The van der Waals surface area contributed by atoms with E-state index in [2.05, 4.69) is 4.98 Å². The molecule has 0 fully saturated rings. The van der Waals surface area contributed by atoms with Gasteiger partial charge in [0, 0.05) is 22.1 Å². The van der Waals surface area contributed by atoms with Crippen molar-refractivity contribution < 1.29 is 5.11 Å². The molecule has 1 aromatic heterocycles. The number of halogens is 1. The van der Waals surface area contributed by atoms with Crippen LogP contribution in [0.3, 0.4) is 0 Å². The van der Waals surface area contributed by atoms with Crippen molar-refractivity contribution in [3.05, 3.63) is 41.1 Å². The van der Waals surface area contributed by atoms with Crippen molar-refractivity contribution in [1.29, 1.82) is 0 Å². The second-order valence-corrected chi connectivity index (χ2v) is 3.97. The van der Waals surface area contributed by atoms with E-state index in [1.54, 1.807) is 13.0 Å². The molecule has 0 aliphatic heterocycles. The zero-order valence-corrected chi connectivity index (χ0v) is 9.12. The highest BCUT2D eigenvalue weighted by Gasteiger charge is 2.01. The zero-order chi connectivity index (χ0) is 10.8. The molecule has 0 spiro atoms. The van der Waals surface area contributed by atoms with Crippen LogP contribution in [0.1, 0.15) is 12.5 Å². The third-order valence-corrected chi connectivity index (χ3v) is 2.47. The van der Waals surface area contributed by atoms with Crippen LogP contribution in [0.5, 0.6) is 0 Å². The molecule has 0 amide bonds. The summed E-state index contributed by atoms with van der Waals surface area (Å²) in [6, 6.07) is 5.71. The number of aliphatic hydroxyl groups is 1. The van der Waals surface area contributed by atoms with Crippen molar-refractivity contribution in [2.75, 3.05) is 0 Å². The van der Waals surface area contributed by atoms with Crippen molar-refractivity contribution >= 4 is 28.6 Å². The number of hydrogen-bond donors (Lipinski definition) is 2. The Kier molecular flexibility index (Phi) is 2.80. The van der Waals surface area contributed by atoms with Gasteiger partial charge in [-0.2, -0.15) is 0 Å². The van der Waals surface area contributed by atoms with E-state index < -0.39 is 6.10 Å². The lowest BCUT2D eigenvalue weighted by Gasteiger charge is -1.94. The van der Waals surface area contributed by atoms with Crippen molar-refractivity contribution in [3.8, 4) is 0 Å². The second-order valence-electron chi connectivity index (χ2n) is 3.53. The van der Waals surface area contributed by atoms with Crippen LogP contribution in [0.4, 0.5) is 0 Å². The maximum absolute atomic E-state index is 9.15. The number of fused-ring (bicyclic) bond motifs is 1. The fourth-order valence-corrected chi connectivity index (χ4v) is 1.67. The average Bonchev–Trinajstić information content (AvgIpc) is 2.57. The number of H-pyrrole nitrogens is 1. The Morgan fingerprint density at radius 3 is 3.00 bits per heavy atom. The number of nitrogens with one attached hydrogen (secondary N) is 1. The van der Waals surface area contributed by atoms with E-state index in [9.17, 15) is 0 Å². The number of aromatic amines is 1. The SMILES string of the molecule is CC(O)/C=C/c1c[nH]c2cc(Cl)ccc12. The Morgan fingerprint density at radius 2 is 2.27 bits per heavy atom. The minimum Gasteiger partial charge on any atom is -0.389 e. The summed E-state index contributed by atoms with van der Waals surface area (Å²) in [6.45, 7) is 1.72. The molecule has 0 bridgehead atoms. The van der Waals surface area contributed by atoms with Gasteiger partial charge >= 0.3 is 0 Å². The largest absolute Gasteiger partial charge is 0.389 e. The minimum absolute atomic E-state index is 0.428. The van der Waals surface area contributed by atoms with Gasteiger partial charge in [0.05, 0.1) is 6.10 Å². The van der Waals surface area contributed by atoms with Crippen LogP contribution in [-0.2, 0) is 0 Å². The lowest BCUT2D eigenvalue weighted by Crippen LogP contribution is -1.90. The molecule has 78 valence electrons. The van der Waals surface area contributed by atoms with E-state index in [4.69, 9.17) is 16.7 Å². The van der Waals surface area contributed by atoms with Crippen LogP contribution in [0, 0.1) is 0 Å². The Balaban J connectivity index is 2.45. The third kappa shape index (κ3) is 2.22. The molecule has 3 heteroatoms. The van der Waals surface area contributed by atoms with Crippen molar-refractivity contribution in [1.82, 2.24) is 4.98 Å². The van der Waals surface area contributed by atoms with Crippen LogP contribution in [0.25, 0.3) is 17.0 Å². The molecular weight excluding hydrogens is 210 g/mol. The zero-order valence-electron chi connectivity index (χ0n) is 8.37. The van der Waals surface area contributed by atoms with Gasteiger partial charge in [-0.05, 0) is 24.6 Å². The Bertz CT molecular complexity index is 499. The second kappa shape index (κ2) is 4.09. The summed E-state index contributed by atoms with van der Waals surface area (Å²) in [4.78, 5) is 3.14. The number of benzene rings is 1. The summed E-state index contributed by atoms with van der Waals surface area (Å²) < 4.78 is 0. The number of rotatable bonds is 2. The first-order valence-electron chi connectivity index (χ1n) is 4.80.